The largest absolute Gasteiger partial charge is 0.370 e. The van der Waals surface area contributed by atoms with Crippen LogP contribution in [0.4, 0.5) is 5.69 Å². The number of aliphatic imine (C=N–C) groups is 1. The molecule has 22 heteroatoms. The van der Waals surface area contributed by atoms with Crippen LogP contribution in [0.15, 0.2) is 114 Å². The second kappa shape index (κ2) is 21.8. The first kappa shape index (κ1) is 47.7. The predicted octanol–water partition coefficient (Wildman–Crippen LogP) is 1.36. The minimum Gasteiger partial charge on any atom is -0.370 e. The van der Waals surface area contributed by atoms with Gasteiger partial charge in [-0.25, -0.2) is 4.98 Å². The highest BCUT2D eigenvalue weighted by molar-refractivity contribution is 7.99. The number of hydrogen-bond donors (Lipinski definition) is 10. The van der Waals surface area contributed by atoms with Crippen LogP contribution in [-0.2, 0) is 43.2 Å². The zero-order valence-electron chi connectivity index (χ0n) is 36.4. The lowest BCUT2D eigenvalue weighted by molar-refractivity contribution is -0.384. The van der Waals surface area contributed by atoms with Gasteiger partial charge >= 0.3 is 0 Å². The minimum atomic E-state index is -1.41. The second-order valence-corrected chi connectivity index (χ2v) is 17.2. The van der Waals surface area contributed by atoms with Crippen molar-refractivity contribution in [1.29, 1.82) is 0 Å². The van der Waals surface area contributed by atoms with Crippen molar-refractivity contribution in [3.8, 4) is 0 Å². The van der Waals surface area contributed by atoms with Gasteiger partial charge in [-0.1, -0.05) is 60.7 Å². The van der Waals surface area contributed by atoms with Gasteiger partial charge in [0.05, 0.1) is 16.8 Å². The molecule has 4 aromatic carbocycles. The quantitative estimate of drug-likeness (QED) is 0.0274. The Morgan fingerprint density at radius 1 is 0.750 bits per heavy atom. The van der Waals surface area contributed by atoms with Crippen LogP contribution in [0, 0.1) is 10.1 Å². The number of carbonyl (C=O) groups is 6. The summed E-state index contributed by atoms with van der Waals surface area (Å²) in [7, 11) is 0. The van der Waals surface area contributed by atoms with Gasteiger partial charge < -0.3 is 53.8 Å². The number of nitro benzene ring substituents is 1. The van der Waals surface area contributed by atoms with Crippen LogP contribution in [0.1, 0.15) is 40.0 Å². The number of carbonyl (C=O) groups excluding carboxylic acids is 6. The summed E-state index contributed by atoms with van der Waals surface area (Å²) in [6, 6.07) is 17.0. The molecule has 6 aromatic rings. The number of nitrogens with zero attached hydrogens (tertiary/aromatic N) is 3. The molecule has 1 aliphatic rings. The summed E-state index contributed by atoms with van der Waals surface area (Å²) in [6.45, 7) is 0.0803. The van der Waals surface area contributed by atoms with E-state index in [9.17, 15) is 38.9 Å². The molecule has 0 saturated carbocycles. The summed E-state index contributed by atoms with van der Waals surface area (Å²) < 4.78 is 0. The zero-order valence-corrected chi connectivity index (χ0v) is 37.2. The molecular formula is C46H49N13O8S. The molecule has 0 aliphatic carbocycles. The van der Waals surface area contributed by atoms with Gasteiger partial charge in [0.25, 0.3) is 11.6 Å². The fraction of sp³-hybridized carbons (Fsp3) is 0.261. The molecule has 7 rings (SSSR count). The number of primary amides is 1. The fourth-order valence-electron chi connectivity index (χ4n) is 7.77. The highest BCUT2D eigenvalue weighted by Gasteiger charge is 2.34. The molecule has 6 amide bonds. The van der Waals surface area contributed by atoms with E-state index in [2.05, 4.69) is 46.5 Å². The van der Waals surface area contributed by atoms with Crippen molar-refractivity contribution < 1.29 is 33.7 Å². The van der Waals surface area contributed by atoms with E-state index in [1.54, 1.807) is 12.3 Å². The van der Waals surface area contributed by atoms with Crippen molar-refractivity contribution in [1.82, 2.24) is 41.5 Å². The lowest BCUT2D eigenvalue weighted by Gasteiger charge is -2.27. The number of fused-ring (bicyclic) bond motifs is 3. The van der Waals surface area contributed by atoms with Gasteiger partial charge in [0.2, 0.25) is 29.5 Å². The summed E-state index contributed by atoms with van der Waals surface area (Å²) in [5, 5.41) is 28.2. The number of amides is 6. The summed E-state index contributed by atoms with van der Waals surface area (Å²) in [4.78, 5) is 111. The smallest absolute Gasteiger partial charge is 0.270 e. The number of para-hydroxylation sites is 1. The molecule has 0 bridgehead atoms. The summed E-state index contributed by atoms with van der Waals surface area (Å²) in [6.07, 6.45) is 4.34. The van der Waals surface area contributed by atoms with Crippen LogP contribution < -0.4 is 43.8 Å². The Kier molecular flexibility index (Phi) is 15.3. The third-order valence-electron chi connectivity index (χ3n) is 11.3. The van der Waals surface area contributed by atoms with Crippen molar-refractivity contribution in [2.24, 2.45) is 22.2 Å². The number of nitro groups is 1. The first-order valence-electron chi connectivity index (χ1n) is 21.5. The molecule has 3 heterocycles. The lowest BCUT2D eigenvalue weighted by atomic mass is 9.99. The average molecular weight is 944 g/mol. The second-order valence-electron chi connectivity index (χ2n) is 16.1. The van der Waals surface area contributed by atoms with E-state index >= 15 is 0 Å². The number of benzene rings is 4. The monoisotopic (exact) mass is 943 g/mol. The molecule has 13 N–H and O–H groups in total. The van der Waals surface area contributed by atoms with Crippen LogP contribution >= 0.6 is 11.8 Å². The van der Waals surface area contributed by atoms with Crippen LogP contribution in [0.5, 0.6) is 0 Å². The third-order valence-corrected chi connectivity index (χ3v) is 12.4. The average Bonchev–Trinajstić information content (AvgIpc) is 4.00. The molecule has 2 aromatic heterocycles. The molecule has 1 aliphatic heterocycles. The molecule has 21 nitrogen and oxygen atoms in total. The molecule has 68 heavy (non-hydrogen) atoms. The molecule has 0 radical (unpaired) electrons. The Morgan fingerprint density at radius 3 is 2.15 bits per heavy atom. The SMILES string of the molecule is NC(=O)[C@@H]1CSc2ccc([N+](=O)[O-])cc2C(=O)N[C@@H](Cc2cnc[nH]2)C(=O)N[C@@H](Cc2ccc3ccccc3c2)C(=O)N[C@@H](CCCN=C(N)N)C(=O)N[C@@H](Cc2c[nH]c3ccccc23)C(=O)N1. The van der Waals surface area contributed by atoms with Gasteiger partial charge in [-0.05, 0) is 46.9 Å². The highest BCUT2D eigenvalue weighted by Crippen LogP contribution is 2.28. The molecular weight excluding hydrogens is 895 g/mol. The number of hydrogen-bond acceptors (Lipinski definition) is 11. The van der Waals surface area contributed by atoms with Crippen LogP contribution in [0.2, 0.25) is 0 Å². The van der Waals surface area contributed by atoms with E-state index < -0.39 is 76.3 Å². The van der Waals surface area contributed by atoms with Crippen molar-refractivity contribution in [3.63, 3.8) is 0 Å². The Morgan fingerprint density at radius 2 is 1.43 bits per heavy atom. The number of nitrogens with one attached hydrogen (secondary N) is 7. The van der Waals surface area contributed by atoms with Crippen molar-refractivity contribution in [2.45, 2.75) is 67.2 Å². The Bertz CT molecular complexity index is 2880. The van der Waals surface area contributed by atoms with E-state index in [1.807, 2.05) is 60.7 Å². The zero-order chi connectivity index (χ0) is 48.3. The molecule has 352 valence electrons. The normalized spacial score (nSPS) is 19.8. The molecule has 0 fully saturated rings. The number of H-pyrrole nitrogens is 2. The molecule has 0 saturated heterocycles. The molecule has 0 spiro atoms. The van der Waals surface area contributed by atoms with E-state index in [1.165, 1.54) is 18.6 Å². The third kappa shape index (κ3) is 12.1. The summed E-state index contributed by atoms with van der Waals surface area (Å²) in [5.41, 5.74) is 18.8. The summed E-state index contributed by atoms with van der Waals surface area (Å²) in [5.74, 6) is -5.50. The van der Waals surface area contributed by atoms with Gasteiger partial charge in [-0.15, -0.1) is 11.8 Å². The maximum Gasteiger partial charge on any atom is 0.270 e. The van der Waals surface area contributed by atoms with E-state index in [0.717, 1.165) is 45.6 Å². The number of aromatic nitrogens is 3. The van der Waals surface area contributed by atoms with Gasteiger partial charge in [0, 0.05) is 77.6 Å². The highest BCUT2D eigenvalue weighted by atomic mass is 32.2. The number of thioether (sulfide) groups is 1. The maximum absolute atomic E-state index is 14.7. The van der Waals surface area contributed by atoms with Crippen LogP contribution in [0.3, 0.4) is 0 Å². The number of imidazole rings is 1. The maximum atomic E-state index is 14.7. The Balaban J connectivity index is 1.31. The summed E-state index contributed by atoms with van der Waals surface area (Å²) >= 11 is 0.898. The Hall–Kier alpha value is -8.27. The van der Waals surface area contributed by atoms with Gasteiger partial charge in [0.1, 0.15) is 30.2 Å². The number of aromatic amines is 2. The van der Waals surface area contributed by atoms with Gasteiger partial charge in [-0.2, -0.15) is 0 Å². The number of non-ortho nitro benzene ring substituents is 1. The molecule has 5 atom stereocenters. The van der Waals surface area contributed by atoms with E-state index in [4.69, 9.17) is 17.2 Å². The van der Waals surface area contributed by atoms with Crippen molar-refractivity contribution >= 4 is 80.5 Å². The number of nitrogens with two attached hydrogens (primary N) is 3. The van der Waals surface area contributed by atoms with Gasteiger partial charge in [-0.3, -0.25) is 43.9 Å². The van der Waals surface area contributed by atoms with Gasteiger partial charge in [0.15, 0.2) is 5.96 Å². The predicted molar refractivity (Wildman–Crippen MR) is 254 cm³/mol. The van der Waals surface area contributed by atoms with Crippen LogP contribution in [-0.4, -0.2) is 104 Å². The minimum absolute atomic E-state index is 0.0319. The number of guanidine groups is 1. The lowest BCUT2D eigenvalue weighted by Crippen LogP contribution is -2.60. The Labute approximate surface area is 392 Å². The standard InChI is InChI=1S/C46H49N13O8S/c47-40(60)38-23-68-39-14-13-30(59(66)67)20-32(39)41(61)55-37(19-29-22-50-24-53-29)45(65)56-35(17-25-11-12-26-6-1-2-7-27(26)16-25)43(63)54-34(10-5-15-51-46(48)49)42(62)57-36(44(64)58-38)18-28-21-52-33-9-4-3-8-31(28)33/h1-4,6-9,11-14,16,20-22,24,34-38,52H,5,10,15,17-19,23H2,(H2,47,60)(H,50,53)(H,54,63)(H,55,61)(H,56,65)(H,57,62)(H,58,64)(H4,48,49,51)/t34-,35-,36-,37-,38-/m0/s1. The topological polar surface area (TPSA) is 341 Å². The first-order valence-corrected chi connectivity index (χ1v) is 22.5. The van der Waals surface area contributed by atoms with E-state index in [-0.39, 0.29) is 60.8 Å². The van der Waals surface area contributed by atoms with E-state index in [0.29, 0.717) is 16.8 Å². The van der Waals surface area contributed by atoms with Crippen molar-refractivity contribution in [3.05, 3.63) is 136 Å². The number of rotatable bonds is 12. The van der Waals surface area contributed by atoms with Crippen molar-refractivity contribution in [2.75, 3.05) is 12.3 Å². The molecule has 0 unspecified atom stereocenters. The van der Waals surface area contributed by atoms with Crippen LogP contribution in [0.25, 0.3) is 21.7 Å². The fourth-order valence-corrected chi connectivity index (χ4v) is 8.83. The first-order chi connectivity index (χ1) is 32.7.